The minimum Gasteiger partial charge on any atom is -0.494 e. The largest absolute Gasteiger partial charge is 0.494 e. The van der Waals surface area contributed by atoms with Crippen molar-refractivity contribution in [1.82, 2.24) is 25.1 Å². The lowest BCUT2D eigenvalue weighted by Crippen LogP contribution is -2.56. The molecule has 1 fully saturated rings. The van der Waals surface area contributed by atoms with Crippen molar-refractivity contribution >= 4 is 11.8 Å². The highest BCUT2D eigenvalue weighted by atomic mass is 16.5. The first kappa shape index (κ1) is 20.7. The first-order valence-corrected chi connectivity index (χ1v) is 9.79. The summed E-state index contributed by atoms with van der Waals surface area (Å²) in [5, 5.41) is 2.87. The van der Waals surface area contributed by atoms with Gasteiger partial charge in [0, 0.05) is 39.1 Å². The number of rotatable bonds is 8. The number of piperazine rings is 1. The van der Waals surface area contributed by atoms with Crippen LogP contribution < -0.4 is 10.1 Å². The van der Waals surface area contributed by atoms with Crippen LogP contribution in [0.4, 0.5) is 0 Å². The lowest BCUT2D eigenvalue weighted by Gasteiger charge is -2.35. The summed E-state index contributed by atoms with van der Waals surface area (Å²) in [6.45, 7) is 4.81. The predicted molar refractivity (Wildman–Crippen MR) is 108 cm³/mol. The van der Waals surface area contributed by atoms with Crippen molar-refractivity contribution in [2.24, 2.45) is 0 Å². The third-order valence-electron chi connectivity index (χ3n) is 4.87. The van der Waals surface area contributed by atoms with Gasteiger partial charge in [-0.15, -0.1) is 0 Å². The van der Waals surface area contributed by atoms with Crippen LogP contribution in [0.1, 0.15) is 24.6 Å². The maximum atomic E-state index is 12.7. The molecule has 1 aliphatic heterocycles. The van der Waals surface area contributed by atoms with E-state index in [2.05, 4.69) is 20.2 Å². The molecule has 0 aliphatic carbocycles. The lowest BCUT2D eigenvalue weighted by molar-refractivity contribution is -0.138. The highest BCUT2D eigenvalue weighted by Crippen LogP contribution is 2.18. The molecule has 2 heterocycles. The summed E-state index contributed by atoms with van der Waals surface area (Å²) in [7, 11) is 1.72. The fraction of sp³-hybridized carbons (Fsp3) is 0.429. The Kier molecular flexibility index (Phi) is 7.13. The van der Waals surface area contributed by atoms with Crippen LogP contribution >= 0.6 is 0 Å². The summed E-state index contributed by atoms with van der Waals surface area (Å²) in [5.74, 6) is 0.614. The molecule has 0 saturated carbocycles. The molecule has 8 nitrogen and oxygen atoms in total. The minimum atomic E-state index is -0.493. The number of ether oxygens (including phenoxy) is 1. The van der Waals surface area contributed by atoms with Gasteiger partial charge >= 0.3 is 0 Å². The summed E-state index contributed by atoms with van der Waals surface area (Å²) >= 11 is 0. The number of carbonyl (C=O) groups excluding carboxylic acids is 2. The average molecular weight is 397 g/mol. The summed E-state index contributed by atoms with van der Waals surface area (Å²) in [6.07, 6.45) is 4.95. The zero-order valence-electron chi connectivity index (χ0n) is 16.9. The number of aromatic nitrogens is 2. The van der Waals surface area contributed by atoms with Crippen molar-refractivity contribution in [2.75, 3.05) is 26.7 Å². The van der Waals surface area contributed by atoms with Gasteiger partial charge in [0.25, 0.3) is 0 Å². The molecule has 154 valence electrons. The van der Waals surface area contributed by atoms with Gasteiger partial charge in [0.05, 0.1) is 37.5 Å². The molecule has 0 bridgehead atoms. The second kappa shape index (κ2) is 9.97. The Morgan fingerprint density at radius 1 is 1.31 bits per heavy atom. The molecule has 1 N–H and O–H groups in total. The number of hydrogen-bond donors (Lipinski definition) is 1. The fourth-order valence-corrected chi connectivity index (χ4v) is 3.33. The Bertz CT molecular complexity index is 813. The van der Waals surface area contributed by atoms with Gasteiger partial charge in [-0.2, -0.15) is 0 Å². The van der Waals surface area contributed by atoms with Crippen molar-refractivity contribution in [1.29, 1.82) is 0 Å². The van der Waals surface area contributed by atoms with Gasteiger partial charge in [0.2, 0.25) is 11.8 Å². The Labute approximate surface area is 170 Å². The topological polar surface area (TPSA) is 87.7 Å². The Morgan fingerprint density at radius 3 is 2.79 bits per heavy atom. The van der Waals surface area contributed by atoms with Gasteiger partial charge in [-0.05, 0) is 24.6 Å². The molecule has 3 rings (SSSR count). The molecule has 8 heteroatoms. The maximum absolute atomic E-state index is 12.7. The van der Waals surface area contributed by atoms with E-state index >= 15 is 0 Å². The first-order valence-electron chi connectivity index (χ1n) is 9.79. The van der Waals surface area contributed by atoms with E-state index in [1.54, 1.807) is 30.5 Å². The summed E-state index contributed by atoms with van der Waals surface area (Å²) < 4.78 is 5.48. The quantitative estimate of drug-likeness (QED) is 0.721. The van der Waals surface area contributed by atoms with Crippen molar-refractivity contribution < 1.29 is 14.3 Å². The lowest BCUT2D eigenvalue weighted by atomic mass is 10.1. The monoisotopic (exact) mass is 397 g/mol. The zero-order valence-corrected chi connectivity index (χ0v) is 16.9. The van der Waals surface area contributed by atoms with Gasteiger partial charge in [-0.25, -0.2) is 0 Å². The van der Waals surface area contributed by atoms with Gasteiger partial charge in [-0.3, -0.25) is 24.5 Å². The third kappa shape index (κ3) is 5.74. The van der Waals surface area contributed by atoms with Gasteiger partial charge < -0.3 is 15.0 Å². The molecular weight excluding hydrogens is 370 g/mol. The third-order valence-corrected chi connectivity index (χ3v) is 4.87. The predicted octanol–water partition coefficient (Wildman–Crippen LogP) is 1.22. The highest BCUT2D eigenvalue weighted by molar-refractivity contribution is 5.88. The zero-order chi connectivity index (χ0) is 20.6. The smallest absolute Gasteiger partial charge is 0.237 e. The maximum Gasteiger partial charge on any atom is 0.237 e. The van der Waals surface area contributed by atoms with Crippen molar-refractivity contribution in [3.8, 4) is 5.75 Å². The number of benzene rings is 1. The van der Waals surface area contributed by atoms with E-state index < -0.39 is 6.04 Å². The van der Waals surface area contributed by atoms with E-state index in [9.17, 15) is 9.59 Å². The second-order valence-corrected chi connectivity index (χ2v) is 7.00. The standard InChI is InChI=1S/C21H27N5O3/c1-3-29-18-6-4-16(5-7-18)14-26-11-10-24-21(28)19(26)12-20(27)25(2)15-17-13-22-8-9-23-17/h4-9,13,19H,3,10-12,14-15H2,1-2H3,(H,24,28). The van der Waals surface area contributed by atoms with E-state index in [0.29, 0.717) is 38.5 Å². The Hall–Kier alpha value is -3.00. The van der Waals surface area contributed by atoms with E-state index in [1.807, 2.05) is 31.2 Å². The van der Waals surface area contributed by atoms with E-state index in [0.717, 1.165) is 11.3 Å². The Morgan fingerprint density at radius 2 is 2.10 bits per heavy atom. The van der Waals surface area contributed by atoms with E-state index in [4.69, 9.17) is 4.74 Å². The molecule has 2 amide bonds. The molecule has 1 aromatic heterocycles. The van der Waals surface area contributed by atoms with Crippen LogP contribution in [0, 0.1) is 0 Å². The number of nitrogens with one attached hydrogen (secondary N) is 1. The molecule has 29 heavy (non-hydrogen) atoms. The van der Waals surface area contributed by atoms with Crippen LogP contribution in [0.25, 0.3) is 0 Å². The van der Waals surface area contributed by atoms with Crippen molar-refractivity contribution in [3.05, 3.63) is 54.1 Å². The average Bonchev–Trinajstić information content (AvgIpc) is 2.73. The van der Waals surface area contributed by atoms with Gasteiger partial charge in [0.15, 0.2) is 0 Å². The highest BCUT2D eigenvalue weighted by Gasteiger charge is 2.32. The number of hydrogen-bond acceptors (Lipinski definition) is 6. The number of carbonyl (C=O) groups is 2. The fourth-order valence-electron chi connectivity index (χ4n) is 3.33. The van der Waals surface area contributed by atoms with Gasteiger partial charge in [-0.1, -0.05) is 12.1 Å². The van der Waals surface area contributed by atoms with Crippen LogP contribution in [0.2, 0.25) is 0 Å². The second-order valence-electron chi connectivity index (χ2n) is 7.00. The molecule has 1 unspecified atom stereocenters. The minimum absolute atomic E-state index is 0.102. The normalized spacial score (nSPS) is 16.9. The first-order chi connectivity index (χ1) is 14.1. The Balaban J connectivity index is 1.63. The molecular formula is C21H27N5O3. The molecule has 2 aromatic rings. The molecule has 0 radical (unpaired) electrons. The van der Waals surface area contributed by atoms with E-state index in [1.165, 1.54) is 0 Å². The molecule has 1 saturated heterocycles. The van der Waals surface area contributed by atoms with Crippen LogP contribution in [0.5, 0.6) is 5.75 Å². The van der Waals surface area contributed by atoms with E-state index in [-0.39, 0.29) is 18.2 Å². The van der Waals surface area contributed by atoms with Crippen molar-refractivity contribution in [3.63, 3.8) is 0 Å². The van der Waals surface area contributed by atoms with Crippen LogP contribution in [-0.2, 0) is 22.7 Å². The van der Waals surface area contributed by atoms with Crippen LogP contribution in [0.3, 0.4) is 0 Å². The van der Waals surface area contributed by atoms with Crippen LogP contribution in [-0.4, -0.2) is 64.4 Å². The summed E-state index contributed by atoms with van der Waals surface area (Å²) in [4.78, 5) is 37.1. The van der Waals surface area contributed by atoms with Gasteiger partial charge in [0.1, 0.15) is 5.75 Å². The van der Waals surface area contributed by atoms with Crippen molar-refractivity contribution in [2.45, 2.75) is 32.5 Å². The molecule has 1 aliphatic rings. The molecule has 1 atom stereocenters. The number of amides is 2. The summed E-state index contributed by atoms with van der Waals surface area (Å²) in [5.41, 5.74) is 1.79. The molecule has 0 spiro atoms. The summed E-state index contributed by atoms with van der Waals surface area (Å²) in [6, 6.07) is 7.36. The molecule has 1 aromatic carbocycles. The van der Waals surface area contributed by atoms with Crippen LogP contribution in [0.15, 0.2) is 42.9 Å². The SMILES string of the molecule is CCOc1ccc(CN2CCNC(=O)C2CC(=O)N(C)Cc2cnccn2)cc1. The number of nitrogens with zero attached hydrogens (tertiary/aromatic N) is 4.